The zero-order chi connectivity index (χ0) is 20.9. The van der Waals surface area contributed by atoms with Gasteiger partial charge in [0.05, 0.1) is 17.5 Å². The Kier molecular flexibility index (Phi) is 6.38. The highest BCUT2D eigenvalue weighted by molar-refractivity contribution is 7.99. The first-order valence-electron chi connectivity index (χ1n) is 10.3. The number of nitrogens with zero attached hydrogens (tertiary/aromatic N) is 3. The van der Waals surface area contributed by atoms with E-state index in [-0.39, 0.29) is 18.4 Å². The van der Waals surface area contributed by atoms with Crippen LogP contribution in [0.15, 0.2) is 48.5 Å². The van der Waals surface area contributed by atoms with E-state index in [0.29, 0.717) is 6.42 Å². The molecule has 0 saturated carbocycles. The minimum Gasteiger partial charge on any atom is -0.341 e. The van der Waals surface area contributed by atoms with Gasteiger partial charge in [-0.25, -0.2) is 4.98 Å². The number of rotatable bonds is 6. The molecule has 0 bridgehead atoms. The molecule has 0 spiro atoms. The molecule has 6 nitrogen and oxygen atoms in total. The molecular formula is C23H26N4O2S. The molecule has 0 radical (unpaired) electrons. The normalized spacial score (nSPS) is 14.1. The van der Waals surface area contributed by atoms with Gasteiger partial charge in [-0.15, -0.1) is 0 Å². The second-order valence-corrected chi connectivity index (χ2v) is 8.60. The van der Waals surface area contributed by atoms with Crippen molar-refractivity contribution in [1.29, 1.82) is 0 Å². The first kappa shape index (κ1) is 20.5. The van der Waals surface area contributed by atoms with Gasteiger partial charge in [0, 0.05) is 36.7 Å². The summed E-state index contributed by atoms with van der Waals surface area (Å²) in [5.41, 5.74) is 3.57. The van der Waals surface area contributed by atoms with Gasteiger partial charge in [-0.05, 0) is 29.8 Å². The molecule has 1 N–H and O–H groups in total. The van der Waals surface area contributed by atoms with Crippen LogP contribution in [0.1, 0.15) is 18.3 Å². The number of imidazole rings is 1. The molecule has 7 heteroatoms. The Hall–Kier alpha value is -2.80. The van der Waals surface area contributed by atoms with Gasteiger partial charge < -0.3 is 14.8 Å². The van der Waals surface area contributed by atoms with E-state index in [2.05, 4.69) is 10.3 Å². The topological polar surface area (TPSA) is 67.2 Å². The maximum atomic E-state index is 12.6. The Labute approximate surface area is 180 Å². The van der Waals surface area contributed by atoms with Gasteiger partial charge in [-0.2, -0.15) is 11.8 Å². The molecule has 0 atom stereocenters. The summed E-state index contributed by atoms with van der Waals surface area (Å²) < 4.78 is 1.97. The second kappa shape index (κ2) is 9.34. The molecule has 1 fully saturated rings. The molecule has 0 unspecified atom stereocenters. The number of fused-ring (bicyclic) bond motifs is 1. The van der Waals surface area contributed by atoms with Gasteiger partial charge in [0.1, 0.15) is 12.4 Å². The van der Waals surface area contributed by atoms with Gasteiger partial charge in [-0.1, -0.05) is 31.2 Å². The molecule has 1 aliphatic heterocycles. The number of aromatic nitrogens is 2. The third kappa shape index (κ3) is 4.67. The minimum absolute atomic E-state index is 0.0949. The van der Waals surface area contributed by atoms with Crippen molar-refractivity contribution in [2.45, 2.75) is 26.3 Å². The lowest BCUT2D eigenvalue weighted by Crippen LogP contribution is -2.38. The smallest absolute Gasteiger partial charge is 0.244 e. The van der Waals surface area contributed by atoms with E-state index >= 15 is 0 Å². The average Bonchev–Trinajstić information content (AvgIpc) is 3.13. The number of amides is 2. The quantitative estimate of drug-likeness (QED) is 0.662. The monoisotopic (exact) mass is 422 g/mol. The van der Waals surface area contributed by atoms with Crippen molar-refractivity contribution in [3.63, 3.8) is 0 Å². The number of hydrogen-bond donors (Lipinski definition) is 1. The van der Waals surface area contributed by atoms with Gasteiger partial charge >= 0.3 is 0 Å². The lowest BCUT2D eigenvalue weighted by molar-refractivity contribution is -0.130. The molecule has 2 heterocycles. The third-order valence-corrected chi connectivity index (χ3v) is 6.25. The molecule has 2 amide bonds. The minimum atomic E-state index is -0.0949. The summed E-state index contributed by atoms with van der Waals surface area (Å²) >= 11 is 1.89. The zero-order valence-corrected chi connectivity index (χ0v) is 18.0. The van der Waals surface area contributed by atoms with Crippen molar-refractivity contribution in [3.8, 4) is 0 Å². The number of aryl methyl sites for hydroxylation is 1. The van der Waals surface area contributed by atoms with E-state index in [4.69, 9.17) is 0 Å². The maximum Gasteiger partial charge on any atom is 0.244 e. The van der Waals surface area contributed by atoms with Gasteiger partial charge in [0.2, 0.25) is 11.8 Å². The average molecular weight is 423 g/mol. The van der Waals surface area contributed by atoms with E-state index < -0.39 is 0 Å². The van der Waals surface area contributed by atoms with Crippen LogP contribution in [-0.2, 0) is 29.0 Å². The van der Waals surface area contributed by atoms with Crippen LogP contribution >= 0.6 is 11.8 Å². The van der Waals surface area contributed by atoms with E-state index in [1.165, 1.54) is 0 Å². The number of carbonyl (C=O) groups is 2. The predicted octanol–water partition coefficient (Wildman–Crippen LogP) is 3.36. The van der Waals surface area contributed by atoms with Gasteiger partial charge in [0.25, 0.3) is 0 Å². The summed E-state index contributed by atoms with van der Waals surface area (Å²) in [5.74, 6) is 3.01. The molecule has 2 aromatic carbocycles. The van der Waals surface area contributed by atoms with E-state index in [1.807, 2.05) is 76.7 Å². The lowest BCUT2D eigenvalue weighted by Gasteiger charge is -2.26. The second-order valence-electron chi connectivity index (χ2n) is 7.37. The van der Waals surface area contributed by atoms with Crippen LogP contribution in [0.4, 0.5) is 5.69 Å². The fourth-order valence-corrected chi connectivity index (χ4v) is 4.62. The highest BCUT2D eigenvalue weighted by Gasteiger charge is 2.17. The summed E-state index contributed by atoms with van der Waals surface area (Å²) in [4.78, 5) is 31.6. The first-order chi connectivity index (χ1) is 14.6. The van der Waals surface area contributed by atoms with E-state index in [1.54, 1.807) is 0 Å². The number of para-hydroxylation sites is 2. The number of anilines is 1. The zero-order valence-electron chi connectivity index (χ0n) is 17.1. The number of carbonyl (C=O) groups excluding carboxylic acids is 2. The Morgan fingerprint density at radius 1 is 1.07 bits per heavy atom. The third-order valence-electron chi connectivity index (χ3n) is 5.31. The standard InChI is InChI=1S/C23H26N4O2S/c1-2-21-25-19-5-3-4-6-20(19)27(21)16-22(28)24-18-9-7-17(8-10-18)15-23(29)26-11-13-30-14-12-26/h3-10H,2,11-16H2,1H3,(H,24,28). The predicted molar refractivity (Wildman–Crippen MR) is 122 cm³/mol. The van der Waals surface area contributed by atoms with Crippen LogP contribution in [0, 0.1) is 0 Å². The van der Waals surface area contributed by atoms with Crippen molar-refractivity contribution in [2.75, 3.05) is 29.9 Å². The number of nitrogens with one attached hydrogen (secondary N) is 1. The Bertz CT molecular complexity index is 1040. The van der Waals surface area contributed by atoms with Crippen LogP contribution in [0.2, 0.25) is 0 Å². The molecule has 1 saturated heterocycles. The van der Waals surface area contributed by atoms with Crippen molar-refractivity contribution in [2.24, 2.45) is 0 Å². The molecule has 1 aromatic heterocycles. The molecule has 1 aliphatic rings. The molecule has 30 heavy (non-hydrogen) atoms. The molecule has 3 aromatic rings. The van der Waals surface area contributed by atoms with Crippen LogP contribution in [0.5, 0.6) is 0 Å². The van der Waals surface area contributed by atoms with E-state index in [9.17, 15) is 9.59 Å². The fraction of sp³-hybridized carbons (Fsp3) is 0.348. The summed E-state index contributed by atoms with van der Waals surface area (Å²) in [6.07, 6.45) is 1.17. The highest BCUT2D eigenvalue weighted by atomic mass is 32.2. The summed E-state index contributed by atoms with van der Waals surface area (Å²) in [6.45, 7) is 3.93. The fourth-order valence-electron chi connectivity index (χ4n) is 3.72. The summed E-state index contributed by atoms with van der Waals surface area (Å²) in [7, 11) is 0. The lowest BCUT2D eigenvalue weighted by atomic mass is 10.1. The molecule has 4 rings (SSSR count). The number of hydrogen-bond acceptors (Lipinski definition) is 4. The van der Waals surface area contributed by atoms with Crippen LogP contribution in [0.25, 0.3) is 11.0 Å². The number of thioether (sulfide) groups is 1. The van der Waals surface area contributed by atoms with E-state index in [0.717, 1.165) is 59.1 Å². The maximum absolute atomic E-state index is 12.6. The van der Waals surface area contributed by atoms with Gasteiger partial charge in [0.15, 0.2) is 0 Å². The molecular weight excluding hydrogens is 396 g/mol. The van der Waals surface area contributed by atoms with Crippen LogP contribution < -0.4 is 5.32 Å². The summed E-state index contributed by atoms with van der Waals surface area (Å²) in [6, 6.07) is 15.4. The summed E-state index contributed by atoms with van der Waals surface area (Å²) in [5, 5.41) is 2.95. The largest absolute Gasteiger partial charge is 0.341 e. The highest BCUT2D eigenvalue weighted by Crippen LogP contribution is 2.18. The number of benzene rings is 2. The molecule has 0 aliphatic carbocycles. The first-order valence-corrected chi connectivity index (χ1v) is 11.5. The van der Waals surface area contributed by atoms with Crippen LogP contribution in [0.3, 0.4) is 0 Å². The Morgan fingerprint density at radius 2 is 1.80 bits per heavy atom. The van der Waals surface area contributed by atoms with Crippen molar-refractivity contribution in [1.82, 2.24) is 14.5 Å². The Balaban J connectivity index is 1.38. The van der Waals surface area contributed by atoms with Crippen molar-refractivity contribution < 1.29 is 9.59 Å². The Morgan fingerprint density at radius 3 is 2.53 bits per heavy atom. The van der Waals surface area contributed by atoms with Crippen molar-refractivity contribution in [3.05, 3.63) is 59.9 Å². The van der Waals surface area contributed by atoms with Crippen LogP contribution in [-0.4, -0.2) is 50.9 Å². The van der Waals surface area contributed by atoms with Gasteiger partial charge in [-0.3, -0.25) is 9.59 Å². The molecule has 156 valence electrons. The van der Waals surface area contributed by atoms with Crippen molar-refractivity contribution >= 4 is 40.3 Å². The SMILES string of the molecule is CCc1nc2ccccc2n1CC(=O)Nc1ccc(CC(=O)N2CCSCC2)cc1.